The molecule has 33 heavy (non-hydrogen) atoms. The lowest BCUT2D eigenvalue weighted by molar-refractivity contribution is -0.117. The van der Waals surface area contributed by atoms with Gasteiger partial charge in [-0.1, -0.05) is 31.1 Å². The zero-order valence-electron chi connectivity index (χ0n) is 18.7. The molecule has 8 heteroatoms. The van der Waals surface area contributed by atoms with Crippen LogP contribution in [0.1, 0.15) is 37.7 Å². The van der Waals surface area contributed by atoms with Crippen LogP contribution in [-0.4, -0.2) is 61.4 Å². The molecule has 0 bridgehead atoms. The molecule has 2 heterocycles. The summed E-state index contributed by atoms with van der Waals surface area (Å²) < 4.78 is 27.4. The summed E-state index contributed by atoms with van der Waals surface area (Å²) in [6, 6.07) is 13.6. The maximum absolute atomic E-state index is 12.9. The predicted molar refractivity (Wildman–Crippen MR) is 129 cm³/mol. The second kappa shape index (κ2) is 10.5. The van der Waals surface area contributed by atoms with Crippen LogP contribution < -0.4 is 5.32 Å². The van der Waals surface area contributed by atoms with Crippen LogP contribution in [0.15, 0.2) is 59.5 Å². The molecule has 0 radical (unpaired) electrons. The Hall–Kier alpha value is -2.68. The highest BCUT2D eigenvalue weighted by Gasteiger charge is 2.25. The number of amides is 1. The van der Waals surface area contributed by atoms with Gasteiger partial charge in [0.2, 0.25) is 15.9 Å². The minimum atomic E-state index is -3.49. The van der Waals surface area contributed by atoms with Crippen molar-refractivity contribution in [3.8, 4) is 5.75 Å². The summed E-state index contributed by atoms with van der Waals surface area (Å²) in [4.78, 5) is 14.8. The topological polar surface area (TPSA) is 90.0 Å². The third kappa shape index (κ3) is 6.01. The van der Waals surface area contributed by atoms with Gasteiger partial charge < -0.3 is 10.4 Å². The second-order valence-electron chi connectivity index (χ2n) is 8.65. The number of carbonyl (C=O) groups is 1. The second-order valence-corrected chi connectivity index (χ2v) is 10.6. The van der Waals surface area contributed by atoms with Crippen LogP contribution in [0.5, 0.6) is 5.75 Å². The molecule has 2 aromatic carbocycles. The Morgan fingerprint density at radius 2 is 1.58 bits per heavy atom. The molecule has 2 aromatic rings. The highest BCUT2D eigenvalue weighted by Crippen LogP contribution is 2.24. The molecule has 1 amide bonds. The molecule has 0 unspecified atom stereocenters. The Morgan fingerprint density at radius 1 is 0.909 bits per heavy atom. The lowest BCUT2D eigenvalue weighted by Crippen LogP contribution is -2.36. The molecular formula is C25H31N3O4S. The molecule has 7 nitrogen and oxygen atoms in total. The average molecular weight is 470 g/mol. The van der Waals surface area contributed by atoms with Gasteiger partial charge in [0.25, 0.3) is 0 Å². The van der Waals surface area contributed by atoms with Crippen LogP contribution in [0.2, 0.25) is 0 Å². The summed E-state index contributed by atoms with van der Waals surface area (Å²) in [5.41, 5.74) is 2.90. The van der Waals surface area contributed by atoms with Gasteiger partial charge in [-0.25, -0.2) is 8.42 Å². The summed E-state index contributed by atoms with van der Waals surface area (Å²) in [7, 11) is -3.49. The van der Waals surface area contributed by atoms with Crippen molar-refractivity contribution in [2.24, 2.45) is 0 Å². The summed E-state index contributed by atoms with van der Waals surface area (Å²) in [6.07, 6.45) is 6.89. The third-order valence-corrected chi connectivity index (χ3v) is 8.15. The van der Waals surface area contributed by atoms with Crippen molar-refractivity contribution < 1.29 is 18.3 Å². The van der Waals surface area contributed by atoms with E-state index >= 15 is 0 Å². The molecule has 2 aliphatic rings. The molecule has 176 valence electrons. The van der Waals surface area contributed by atoms with E-state index < -0.39 is 10.0 Å². The number of anilines is 1. The first kappa shape index (κ1) is 23.5. The molecule has 2 aliphatic heterocycles. The van der Waals surface area contributed by atoms with Crippen LogP contribution in [0, 0.1) is 0 Å². The first-order chi connectivity index (χ1) is 15.9. The Balaban J connectivity index is 1.30. The van der Waals surface area contributed by atoms with Crippen LogP contribution in [0.25, 0.3) is 5.57 Å². The van der Waals surface area contributed by atoms with Crippen LogP contribution >= 0.6 is 0 Å². The Labute approximate surface area is 195 Å². The van der Waals surface area contributed by atoms with E-state index in [1.807, 2.05) is 12.1 Å². The Bertz CT molecular complexity index is 1090. The van der Waals surface area contributed by atoms with E-state index in [-0.39, 0.29) is 23.1 Å². The lowest BCUT2D eigenvalue weighted by Gasteiger charge is -2.26. The van der Waals surface area contributed by atoms with E-state index in [0.717, 1.165) is 44.2 Å². The van der Waals surface area contributed by atoms with Gasteiger partial charge in [-0.3, -0.25) is 9.69 Å². The molecule has 0 aromatic heterocycles. The maximum atomic E-state index is 12.9. The molecule has 4 rings (SSSR count). The number of aromatic hydroxyl groups is 1. The van der Waals surface area contributed by atoms with Crippen molar-refractivity contribution in [2.75, 3.05) is 38.0 Å². The van der Waals surface area contributed by atoms with Crippen molar-refractivity contribution in [3.05, 3.63) is 60.2 Å². The Kier molecular flexibility index (Phi) is 7.47. The number of hydrogen-bond donors (Lipinski definition) is 2. The lowest BCUT2D eigenvalue weighted by atomic mass is 9.99. The smallest absolute Gasteiger partial charge is 0.243 e. The van der Waals surface area contributed by atoms with Crippen molar-refractivity contribution in [1.82, 2.24) is 9.21 Å². The summed E-state index contributed by atoms with van der Waals surface area (Å²) in [5.74, 6) is 0.126. The molecular weight excluding hydrogens is 438 g/mol. The molecule has 0 aliphatic carbocycles. The molecule has 2 N–H and O–H groups in total. The van der Waals surface area contributed by atoms with E-state index in [0.29, 0.717) is 25.3 Å². The summed E-state index contributed by atoms with van der Waals surface area (Å²) >= 11 is 0. The largest absolute Gasteiger partial charge is 0.508 e. The third-order valence-electron chi connectivity index (χ3n) is 6.24. The van der Waals surface area contributed by atoms with Gasteiger partial charge in [0.05, 0.1) is 11.4 Å². The fraction of sp³-hybridized carbons (Fsp3) is 0.400. The summed E-state index contributed by atoms with van der Waals surface area (Å²) in [6.45, 7) is 2.86. The molecule has 1 saturated heterocycles. The zero-order valence-corrected chi connectivity index (χ0v) is 19.6. The van der Waals surface area contributed by atoms with Gasteiger partial charge in [0.1, 0.15) is 5.75 Å². The average Bonchev–Trinajstić information content (AvgIpc) is 3.11. The molecule has 0 saturated carbocycles. The number of hydrogen-bond acceptors (Lipinski definition) is 5. The van der Waals surface area contributed by atoms with Crippen molar-refractivity contribution in [3.63, 3.8) is 0 Å². The van der Waals surface area contributed by atoms with Crippen LogP contribution in [0.3, 0.4) is 0 Å². The number of carbonyl (C=O) groups excluding carboxylic acids is 1. The van der Waals surface area contributed by atoms with Crippen molar-refractivity contribution in [1.29, 1.82) is 0 Å². The first-order valence-electron chi connectivity index (χ1n) is 11.5. The maximum Gasteiger partial charge on any atom is 0.243 e. The fourth-order valence-corrected chi connectivity index (χ4v) is 5.85. The highest BCUT2D eigenvalue weighted by molar-refractivity contribution is 7.89. The fourth-order valence-electron chi connectivity index (χ4n) is 4.34. The minimum Gasteiger partial charge on any atom is -0.508 e. The number of sulfonamides is 1. The molecule has 0 atom stereocenters. The number of benzene rings is 2. The van der Waals surface area contributed by atoms with Crippen molar-refractivity contribution >= 4 is 27.2 Å². The quantitative estimate of drug-likeness (QED) is 0.674. The first-order valence-corrected chi connectivity index (χ1v) is 13.0. The van der Waals surface area contributed by atoms with E-state index in [9.17, 15) is 18.3 Å². The van der Waals surface area contributed by atoms with Crippen molar-refractivity contribution in [2.45, 2.75) is 37.0 Å². The number of phenols is 1. The van der Waals surface area contributed by atoms with E-state index in [2.05, 4.69) is 16.3 Å². The number of nitrogens with zero attached hydrogens (tertiary/aromatic N) is 2. The number of rotatable bonds is 6. The SMILES string of the molecule is O=C(CN1CC=C(c2ccc(O)cc2)CC1)Nc1ccc(S(=O)(=O)N2CCCCCC2)cc1. The van der Waals surface area contributed by atoms with Gasteiger partial charge in [0.15, 0.2) is 0 Å². The van der Waals surface area contributed by atoms with E-state index in [1.54, 1.807) is 40.7 Å². The van der Waals surface area contributed by atoms with Gasteiger partial charge in [-0.05, 0) is 66.8 Å². The zero-order chi connectivity index (χ0) is 23.3. The van der Waals surface area contributed by atoms with E-state index in [1.165, 1.54) is 5.57 Å². The van der Waals surface area contributed by atoms with Gasteiger partial charge >= 0.3 is 0 Å². The van der Waals surface area contributed by atoms with Gasteiger partial charge in [-0.15, -0.1) is 0 Å². The number of nitrogens with one attached hydrogen (secondary N) is 1. The Morgan fingerprint density at radius 3 is 2.18 bits per heavy atom. The molecule has 1 fully saturated rings. The standard InChI is InChI=1S/C25H31N3O4S/c29-23-9-5-20(6-10-23)21-13-17-27(18-14-21)19-25(30)26-22-7-11-24(12-8-22)33(31,32)28-15-3-1-2-4-16-28/h5-13,29H,1-4,14-19H2,(H,26,30). The molecule has 0 spiro atoms. The monoisotopic (exact) mass is 469 g/mol. The number of phenolic OH excluding ortho intramolecular Hbond substituents is 1. The normalized spacial score (nSPS) is 18.4. The predicted octanol–water partition coefficient (Wildman–Crippen LogP) is 3.68. The van der Waals surface area contributed by atoms with Crippen LogP contribution in [0.4, 0.5) is 5.69 Å². The van der Waals surface area contributed by atoms with E-state index in [4.69, 9.17) is 0 Å². The van der Waals surface area contributed by atoms with Gasteiger partial charge in [0, 0.05) is 31.9 Å². The highest BCUT2D eigenvalue weighted by atomic mass is 32.2. The van der Waals surface area contributed by atoms with Gasteiger partial charge in [-0.2, -0.15) is 4.31 Å². The minimum absolute atomic E-state index is 0.125. The summed E-state index contributed by atoms with van der Waals surface area (Å²) in [5, 5.41) is 12.3. The van der Waals surface area contributed by atoms with Crippen LogP contribution in [-0.2, 0) is 14.8 Å².